The fraction of sp³-hybridized carbons (Fsp3) is 0.708. The van der Waals surface area contributed by atoms with E-state index in [4.69, 9.17) is 4.74 Å². The smallest absolute Gasteiger partial charge is 0.303 e. The molecule has 13 nitrogen and oxygen atoms in total. The van der Waals surface area contributed by atoms with Crippen molar-refractivity contribution in [1.29, 1.82) is 0 Å². The summed E-state index contributed by atoms with van der Waals surface area (Å²) >= 11 is 0. The molecule has 5 N–H and O–H groups in total. The average Bonchev–Trinajstić information content (AvgIpc) is 3.98. The van der Waals surface area contributed by atoms with E-state index in [1.54, 1.807) is 0 Å². The normalized spacial score (nSPS) is 44.4. The number of carbonyl (C=O) groups excluding carboxylic acids is 7. The monoisotopic (exact) mass is 1070 g/mol. The fourth-order valence-electron chi connectivity index (χ4n) is 19.5. The number of carbonyl (C=O) groups is 7. The fourth-order valence-corrected chi connectivity index (χ4v) is 19.5. The van der Waals surface area contributed by atoms with Gasteiger partial charge < -0.3 is 30.3 Å². The van der Waals surface area contributed by atoms with Crippen LogP contribution in [0.15, 0.2) is 69.9 Å². The van der Waals surface area contributed by atoms with Crippen LogP contribution in [0.4, 0.5) is 0 Å². The van der Waals surface area contributed by atoms with E-state index >= 15 is 0 Å². The van der Waals surface area contributed by atoms with Crippen molar-refractivity contribution in [2.24, 2.45) is 68.0 Å². The lowest BCUT2D eigenvalue weighted by Crippen LogP contribution is -2.55. The lowest BCUT2D eigenvalue weighted by molar-refractivity contribution is -0.162. The summed E-state index contributed by atoms with van der Waals surface area (Å²) in [6, 6.07) is 0. The van der Waals surface area contributed by atoms with Gasteiger partial charge in [0.05, 0.1) is 0 Å². The molecular formula is C65H86O13. The molecule has 0 bridgehead atoms. The van der Waals surface area contributed by atoms with Gasteiger partial charge in [0, 0.05) is 58.7 Å². The van der Waals surface area contributed by atoms with E-state index < -0.39 is 63.8 Å². The van der Waals surface area contributed by atoms with Crippen molar-refractivity contribution in [3.63, 3.8) is 0 Å². The zero-order valence-corrected chi connectivity index (χ0v) is 47.4. The van der Waals surface area contributed by atoms with E-state index in [0.29, 0.717) is 75.5 Å². The maximum Gasteiger partial charge on any atom is 0.303 e. The number of Topliss-reactive ketones (excluding diaryl/α,β-unsaturated/α-hetero) is 3. The minimum Gasteiger partial charge on any atom is -0.458 e. The number of hydrogen-bond acceptors (Lipinski definition) is 13. The van der Waals surface area contributed by atoms with Crippen LogP contribution in [0.3, 0.4) is 0 Å². The molecule has 0 amide bonds. The van der Waals surface area contributed by atoms with Crippen molar-refractivity contribution < 1.29 is 63.8 Å². The van der Waals surface area contributed by atoms with Crippen LogP contribution >= 0.6 is 0 Å². The van der Waals surface area contributed by atoms with Crippen molar-refractivity contribution in [1.82, 2.24) is 0 Å². The number of allylic oxidation sites excluding steroid dienone is 12. The number of aliphatic hydroxyl groups excluding tert-OH is 2. The molecule has 0 spiro atoms. The van der Waals surface area contributed by atoms with Crippen molar-refractivity contribution >= 4 is 40.7 Å². The lowest BCUT2D eigenvalue weighted by Gasteiger charge is -2.54. The predicted molar refractivity (Wildman–Crippen MR) is 291 cm³/mol. The average molecular weight is 1080 g/mol. The second-order valence-electron chi connectivity index (χ2n) is 27.6. The summed E-state index contributed by atoms with van der Waals surface area (Å²) in [4.78, 5) is 84.2. The molecule has 0 aromatic carbocycles. The van der Waals surface area contributed by atoms with Gasteiger partial charge in [0.2, 0.25) is 5.78 Å². The zero-order chi connectivity index (χ0) is 56.4. The Bertz CT molecular complexity index is 2690. The van der Waals surface area contributed by atoms with E-state index in [1.165, 1.54) is 40.4 Å². The predicted octanol–water partition coefficient (Wildman–Crippen LogP) is 8.76. The Balaban J connectivity index is 0.000000133. The van der Waals surface area contributed by atoms with Crippen LogP contribution in [0, 0.1) is 68.0 Å². The summed E-state index contributed by atoms with van der Waals surface area (Å²) in [5.74, 6) is 0.826. The summed E-state index contributed by atoms with van der Waals surface area (Å²) in [5.41, 5.74) is 2.17. The summed E-state index contributed by atoms with van der Waals surface area (Å²) in [5, 5.41) is 52.4. The van der Waals surface area contributed by atoms with Gasteiger partial charge in [-0.05, 0) is 169 Å². The summed E-state index contributed by atoms with van der Waals surface area (Å²) in [6.45, 7) is 12.6. The van der Waals surface area contributed by atoms with Crippen molar-refractivity contribution in [2.75, 3.05) is 19.8 Å². The first-order valence-corrected chi connectivity index (χ1v) is 29.6. The maximum atomic E-state index is 12.8. The third-order valence-corrected chi connectivity index (χ3v) is 24.5. The molecule has 0 heterocycles. The first-order valence-electron chi connectivity index (χ1n) is 29.6. The van der Waals surface area contributed by atoms with Gasteiger partial charge in [0.25, 0.3) is 0 Å². The molecule has 78 heavy (non-hydrogen) atoms. The van der Waals surface area contributed by atoms with E-state index in [9.17, 15) is 59.1 Å². The molecule has 6 unspecified atom stereocenters. The minimum atomic E-state index is -1.45. The van der Waals surface area contributed by atoms with Crippen LogP contribution in [-0.4, -0.2) is 103 Å². The van der Waals surface area contributed by atoms with E-state index in [-0.39, 0.29) is 63.7 Å². The molecule has 12 rings (SSSR count). The standard InChI is InChI=1S/C23H30O5.2C21H28O4/c1-14(24)28-13-20(26)23(27)11-8-19-17-5-4-15-12-16(25)6-9-21(15,2)18(17)7-10-22(19,23)3;2*1-19-8-5-14(23)11-13(19)3-4-15-16(19)6-9-20(2)17(15)7-10-21(20,25)18(24)12-22/h7,12,17,19,27H,4-6,8-11,13H2,1-3H3;2*6,11,15,17,22,25H,3-5,7-10,12H2,1-2H3/t17?,19?,21-,22-,23-;2*15?,17?,19-,20-,21-/m000/s1. The number of ether oxygens (including phenoxy) is 1. The van der Waals surface area contributed by atoms with Crippen LogP contribution in [0.1, 0.15) is 183 Å². The molecule has 0 radical (unpaired) electrons. The largest absolute Gasteiger partial charge is 0.458 e. The third kappa shape index (κ3) is 8.24. The van der Waals surface area contributed by atoms with Gasteiger partial charge in [0.15, 0.2) is 35.5 Å². The zero-order valence-electron chi connectivity index (χ0n) is 47.4. The first kappa shape index (κ1) is 57.0. The van der Waals surface area contributed by atoms with Gasteiger partial charge >= 0.3 is 5.97 Å². The molecule has 0 saturated heterocycles. The highest BCUT2D eigenvalue weighted by atomic mass is 16.5. The molecule has 424 valence electrons. The molecule has 0 aromatic rings. The van der Waals surface area contributed by atoms with Gasteiger partial charge in [-0.3, -0.25) is 33.6 Å². The molecule has 12 aliphatic rings. The van der Waals surface area contributed by atoms with Crippen molar-refractivity contribution in [3.8, 4) is 0 Å². The summed E-state index contributed by atoms with van der Waals surface area (Å²) in [7, 11) is 0. The van der Waals surface area contributed by atoms with Crippen LogP contribution in [0.5, 0.6) is 0 Å². The topological polar surface area (TPSA) is 230 Å². The Labute approximate surface area is 460 Å². The Kier molecular flexibility index (Phi) is 14.4. The molecule has 0 aliphatic heterocycles. The van der Waals surface area contributed by atoms with Crippen LogP contribution in [-0.2, 0) is 38.3 Å². The Morgan fingerprint density at radius 3 is 1.04 bits per heavy atom. The second kappa shape index (κ2) is 19.7. The maximum absolute atomic E-state index is 12.8. The Morgan fingerprint density at radius 1 is 0.462 bits per heavy atom. The number of rotatable bonds is 7. The van der Waals surface area contributed by atoms with E-state index in [0.717, 1.165) is 77.0 Å². The van der Waals surface area contributed by atoms with Crippen LogP contribution in [0.2, 0.25) is 0 Å². The molecule has 12 aliphatic carbocycles. The highest BCUT2D eigenvalue weighted by Crippen LogP contribution is 2.69. The SMILES string of the molecule is CC(=O)OCC(=O)[C@@]1(O)CCC2C3CCC4=CC(=O)CC[C@]4(C)C3=CC[C@@]21C.C[C@]12CCC(=O)C=C1CCC1C2=CC[C@@]2(C)C1CC[C@]2(O)C(=O)CO.C[C@]12CCC(=O)C=C1CCC1C2=CC[C@@]2(C)C1CC[C@]2(O)C(=O)CO. The molecule has 6 fully saturated rings. The van der Waals surface area contributed by atoms with Crippen molar-refractivity contribution in [2.45, 2.75) is 200 Å². The van der Waals surface area contributed by atoms with Gasteiger partial charge in [-0.1, -0.05) is 93.2 Å². The van der Waals surface area contributed by atoms with Crippen LogP contribution < -0.4 is 0 Å². The van der Waals surface area contributed by atoms with Crippen molar-refractivity contribution in [3.05, 3.63) is 69.9 Å². The lowest BCUT2D eigenvalue weighted by atomic mass is 9.50. The minimum absolute atomic E-state index is 0.0279. The molecule has 6 saturated carbocycles. The van der Waals surface area contributed by atoms with E-state index in [2.05, 4.69) is 39.0 Å². The highest BCUT2D eigenvalue weighted by molar-refractivity contribution is 5.94. The van der Waals surface area contributed by atoms with Crippen LogP contribution in [0.25, 0.3) is 0 Å². The molecule has 15 atom stereocenters. The Hall–Kier alpha value is -4.27. The highest BCUT2D eigenvalue weighted by Gasteiger charge is 2.67. The second-order valence-corrected chi connectivity index (χ2v) is 27.6. The Morgan fingerprint density at radius 2 is 0.756 bits per heavy atom. The molecule has 0 aromatic heterocycles. The molecule has 13 heteroatoms. The van der Waals surface area contributed by atoms with Gasteiger partial charge in [-0.2, -0.15) is 0 Å². The molecular weight excluding hydrogens is 989 g/mol. The number of hydrogen-bond donors (Lipinski definition) is 5. The van der Waals surface area contributed by atoms with E-state index in [1.807, 2.05) is 39.0 Å². The third-order valence-electron chi connectivity index (χ3n) is 24.5. The van der Waals surface area contributed by atoms with Gasteiger partial charge in [-0.25, -0.2) is 0 Å². The summed E-state index contributed by atoms with van der Waals surface area (Å²) in [6.07, 6.45) is 28.3. The number of aliphatic hydroxyl groups is 5. The van der Waals surface area contributed by atoms with Gasteiger partial charge in [0.1, 0.15) is 30.0 Å². The first-order chi connectivity index (χ1) is 36.6. The number of fused-ring (bicyclic) bond motifs is 15. The van der Waals surface area contributed by atoms with Gasteiger partial charge in [-0.15, -0.1) is 0 Å². The number of ketones is 6. The summed E-state index contributed by atoms with van der Waals surface area (Å²) < 4.78 is 4.91. The quantitative estimate of drug-likeness (QED) is 0.119. The number of esters is 1.